The molecule has 0 spiro atoms. The summed E-state index contributed by atoms with van der Waals surface area (Å²) < 4.78 is 0. The van der Waals surface area contributed by atoms with Gasteiger partial charge in [0.05, 0.1) is 12.6 Å². The second kappa shape index (κ2) is 8.93. The summed E-state index contributed by atoms with van der Waals surface area (Å²) in [7, 11) is 0. The van der Waals surface area contributed by atoms with E-state index in [1.807, 2.05) is 18.2 Å². The number of β-amino-alcohol motifs (C(OH)–C–C–N with tert-alkyl or cyclic N) is 1. The standard InChI is InChI=1S/C21H32N2O2/c1-16(24)12-22-20(11-17-7-3-2-4-8-17)21(25)15-23-13-18-9-5-6-10-19(18)14-23/h2-4,7-8,18-22,25H,5-6,9-15H2,1H3. The molecule has 0 amide bonds. The topological polar surface area (TPSA) is 52.6 Å². The molecule has 1 saturated carbocycles. The molecular weight excluding hydrogens is 312 g/mol. The van der Waals surface area contributed by atoms with E-state index < -0.39 is 6.10 Å². The van der Waals surface area contributed by atoms with E-state index >= 15 is 0 Å². The zero-order valence-electron chi connectivity index (χ0n) is 15.4. The van der Waals surface area contributed by atoms with Crippen LogP contribution < -0.4 is 5.32 Å². The van der Waals surface area contributed by atoms with E-state index in [0.29, 0.717) is 13.1 Å². The number of ketones is 1. The lowest BCUT2D eigenvalue weighted by Gasteiger charge is -2.28. The Labute approximate surface area is 151 Å². The van der Waals surface area contributed by atoms with Gasteiger partial charge in [-0.15, -0.1) is 0 Å². The Morgan fingerprint density at radius 1 is 1.20 bits per heavy atom. The van der Waals surface area contributed by atoms with Crippen LogP contribution in [0.4, 0.5) is 0 Å². The Hall–Kier alpha value is -1.23. The number of likely N-dealkylation sites (tertiary alicyclic amines) is 1. The minimum Gasteiger partial charge on any atom is -0.390 e. The van der Waals surface area contributed by atoms with Gasteiger partial charge in [-0.3, -0.25) is 4.79 Å². The second-order valence-electron chi connectivity index (χ2n) is 7.97. The summed E-state index contributed by atoms with van der Waals surface area (Å²) in [5.41, 5.74) is 1.19. The molecule has 2 N–H and O–H groups in total. The first kappa shape index (κ1) is 18.6. The molecule has 3 rings (SSSR count). The first-order valence-corrected chi connectivity index (χ1v) is 9.79. The number of aliphatic hydroxyl groups is 1. The molecule has 0 aromatic heterocycles. The van der Waals surface area contributed by atoms with Crippen molar-refractivity contribution in [3.05, 3.63) is 35.9 Å². The Morgan fingerprint density at radius 2 is 1.84 bits per heavy atom. The summed E-state index contributed by atoms with van der Waals surface area (Å²) in [5, 5.41) is 14.1. The molecule has 1 aromatic carbocycles. The number of nitrogens with one attached hydrogen (secondary N) is 1. The zero-order chi connectivity index (χ0) is 17.6. The first-order chi connectivity index (χ1) is 12.1. The largest absolute Gasteiger partial charge is 0.390 e. The molecule has 1 saturated heterocycles. The van der Waals surface area contributed by atoms with E-state index in [0.717, 1.165) is 31.3 Å². The number of nitrogens with zero attached hydrogens (tertiary/aromatic N) is 1. The summed E-state index contributed by atoms with van der Waals surface area (Å²) >= 11 is 0. The lowest BCUT2D eigenvalue weighted by molar-refractivity contribution is -0.116. The van der Waals surface area contributed by atoms with E-state index in [9.17, 15) is 9.90 Å². The molecular formula is C21H32N2O2. The van der Waals surface area contributed by atoms with Gasteiger partial charge >= 0.3 is 0 Å². The third-order valence-electron chi connectivity index (χ3n) is 5.87. The smallest absolute Gasteiger partial charge is 0.143 e. The number of carbonyl (C=O) groups excluding carboxylic acids is 1. The maximum absolute atomic E-state index is 11.4. The summed E-state index contributed by atoms with van der Waals surface area (Å²) in [4.78, 5) is 13.8. The van der Waals surface area contributed by atoms with Crippen molar-refractivity contribution >= 4 is 5.78 Å². The third-order valence-corrected chi connectivity index (χ3v) is 5.87. The molecule has 138 valence electrons. The van der Waals surface area contributed by atoms with Crippen LogP contribution in [-0.4, -0.2) is 54.1 Å². The fourth-order valence-corrected chi connectivity index (χ4v) is 4.53. The van der Waals surface area contributed by atoms with E-state index in [1.165, 1.54) is 31.2 Å². The molecule has 4 nitrogen and oxygen atoms in total. The number of hydrogen-bond acceptors (Lipinski definition) is 4. The molecule has 1 heterocycles. The second-order valence-corrected chi connectivity index (χ2v) is 7.97. The van der Waals surface area contributed by atoms with E-state index in [4.69, 9.17) is 0 Å². The van der Waals surface area contributed by atoms with Crippen molar-refractivity contribution in [2.75, 3.05) is 26.2 Å². The Balaban J connectivity index is 1.58. The van der Waals surface area contributed by atoms with E-state index in [2.05, 4.69) is 22.3 Å². The van der Waals surface area contributed by atoms with Gasteiger partial charge in [0, 0.05) is 25.7 Å². The Morgan fingerprint density at radius 3 is 2.44 bits per heavy atom. The lowest BCUT2D eigenvalue weighted by Crippen LogP contribution is -2.48. The van der Waals surface area contributed by atoms with Crippen molar-refractivity contribution in [2.45, 2.75) is 51.2 Å². The van der Waals surface area contributed by atoms with Gasteiger partial charge in [0.2, 0.25) is 0 Å². The highest BCUT2D eigenvalue weighted by Crippen LogP contribution is 2.36. The minimum absolute atomic E-state index is 0.0890. The molecule has 4 heteroatoms. The van der Waals surface area contributed by atoms with Crippen molar-refractivity contribution in [3.8, 4) is 0 Å². The van der Waals surface area contributed by atoms with Crippen molar-refractivity contribution < 1.29 is 9.90 Å². The molecule has 1 aromatic rings. The summed E-state index contributed by atoms with van der Waals surface area (Å²) in [6.45, 7) is 4.87. The molecule has 1 aliphatic carbocycles. The maximum atomic E-state index is 11.4. The van der Waals surface area contributed by atoms with E-state index in [1.54, 1.807) is 6.92 Å². The molecule has 0 bridgehead atoms. The van der Waals surface area contributed by atoms with Crippen LogP contribution in [0.1, 0.15) is 38.2 Å². The highest BCUT2D eigenvalue weighted by Gasteiger charge is 2.35. The van der Waals surface area contributed by atoms with Crippen LogP contribution >= 0.6 is 0 Å². The minimum atomic E-state index is -0.459. The fraction of sp³-hybridized carbons (Fsp3) is 0.667. The molecule has 1 aliphatic heterocycles. The fourth-order valence-electron chi connectivity index (χ4n) is 4.53. The zero-order valence-corrected chi connectivity index (χ0v) is 15.4. The average Bonchev–Trinajstić information content (AvgIpc) is 3.01. The van der Waals surface area contributed by atoms with Crippen molar-refractivity contribution in [2.24, 2.45) is 11.8 Å². The van der Waals surface area contributed by atoms with Crippen molar-refractivity contribution in [1.82, 2.24) is 10.2 Å². The monoisotopic (exact) mass is 344 g/mol. The molecule has 25 heavy (non-hydrogen) atoms. The van der Waals surface area contributed by atoms with Crippen LogP contribution in [0.5, 0.6) is 0 Å². The van der Waals surface area contributed by atoms with E-state index in [-0.39, 0.29) is 11.8 Å². The Kier molecular flexibility index (Phi) is 6.63. The van der Waals surface area contributed by atoms with Crippen LogP contribution in [0.25, 0.3) is 0 Å². The number of hydrogen-bond donors (Lipinski definition) is 2. The number of benzene rings is 1. The number of fused-ring (bicyclic) bond motifs is 1. The summed E-state index contributed by atoms with van der Waals surface area (Å²) in [5.74, 6) is 1.77. The van der Waals surface area contributed by atoms with Crippen LogP contribution in [-0.2, 0) is 11.2 Å². The number of Topliss-reactive ketones (excluding diaryl/α,β-unsaturated/α-hetero) is 1. The molecule has 2 aliphatic rings. The quantitative estimate of drug-likeness (QED) is 0.759. The lowest BCUT2D eigenvalue weighted by atomic mass is 9.82. The molecule has 4 atom stereocenters. The SMILES string of the molecule is CC(=O)CNC(Cc1ccccc1)C(O)CN1CC2CCCCC2C1. The Bertz CT molecular complexity index is 534. The van der Waals surface area contributed by atoms with Crippen LogP contribution in [0, 0.1) is 11.8 Å². The van der Waals surface area contributed by atoms with Gasteiger partial charge in [0.25, 0.3) is 0 Å². The average molecular weight is 344 g/mol. The molecule has 0 radical (unpaired) electrons. The van der Waals surface area contributed by atoms with Crippen LogP contribution in [0.15, 0.2) is 30.3 Å². The van der Waals surface area contributed by atoms with Crippen molar-refractivity contribution in [3.63, 3.8) is 0 Å². The maximum Gasteiger partial charge on any atom is 0.143 e. The van der Waals surface area contributed by atoms with Gasteiger partial charge in [-0.25, -0.2) is 0 Å². The van der Waals surface area contributed by atoms with Crippen LogP contribution in [0.3, 0.4) is 0 Å². The normalized spacial score (nSPS) is 26.2. The predicted molar refractivity (Wildman–Crippen MR) is 101 cm³/mol. The summed E-state index contributed by atoms with van der Waals surface area (Å²) in [6, 6.07) is 10.1. The first-order valence-electron chi connectivity index (χ1n) is 9.79. The van der Waals surface area contributed by atoms with Crippen molar-refractivity contribution in [1.29, 1.82) is 0 Å². The predicted octanol–water partition coefficient (Wildman–Crippen LogP) is 2.26. The van der Waals surface area contributed by atoms with Gasteiger partial charge in [-0.2, -0.15) is 0 Å². The highest BCUT2D eigenvalue weighted by atomic mass is 16.3. The third kappa shape index (κ3) is 5.37. The number of rotatable bonds is 8. The van der Waals surface area contributed by atoms with Crippen LogP contribution in [0.2, 0.25) is 0 Å². The van der Waals surface area contributed by atoms with Gasteiger partial charge in [-0.1, -0.05) is 43.2 Å². The number of carbonyl (C=O) groups is 1. The molecule has 2 fully saturated rings. The van der Waals surface area contributed by atoms with Gasteiger partial charge < -0.3 is 15.3 Å². The van der Waals surface area contributed by atoms with Gasteiger partial charge in [0.1, 0.15) is 5.78 Å². The van der Waals surface area contributed by atoms with Gasteiger partial charge in [0.15, 0.2) is 0 Å². The molecule has 4 unspecified atom stereocenters. The summed E-state index contributed by atoms with van der Waals surface area (Å²) in [6.07, 6.45) is 5.74. The van der Waals surface area contributed by atoms with Gasteiger partial charge in [-0.05, 0) is 43.6 Å². The number of aliphatic hydroxyl groups excluding tert-OH is 1. The highest BCUT2D eigenvalue weighted by molar-refractivity contribution is 5.77.